The largest absolute Gasteiger partial charge is 0.381 e. The van der Waals surface area contributed by atoms with E-state index in [1.54, 1.807) is 11.3 Å². The van der Waals surface area contributed by atoms with Gasteiger partial charge in [0.1, 0.15) is 0 Å². The third-order valence-electron chi connectivity index (χ3n) is 2.70. The molecule has 0 spiro atoms. The maximum absolute atomic E-state index is 6.22. The highest BCUT2D eigenvalue weighted by Gasteiger charge is 2.23. The zero-order valence-corrected chi connectivity index (χ0v) is 10.3. The first-order valence-corrected chi connectivity index (χ1v) is 6.47. The highest BCUT2D eigenvalue weighted by atomic mass is 79.9. The van der Waals surface area contributed by atoms with Gasteiger partial charge in [-0.3, -0.25) is 0 Å². The number of rotatable bonds is 2. The van der Waals surface area contributed by atoms with Crippen LogP contribution in [0.4, 0.5) is 0 Å². The molecule has 2 rings (SSSR count). The number of thiophene rings is 1. The summed E-state index contributed by atoms with van der Waals surface area (Å²) in [6, 6.07) is 4.38. The molecule has 1 fully saturated rings. The van der Waals surface area contributed by atoms with Crippen molar-refractivity contribution in [3.8, 4) is 0 Å². The van der Waals surface area contributed by atoms with E-state index in [1.807, 2.05) is 0 Å². The van der Waals surface area contributed by atoms with Crippen molar-refractivity contribution in [2.24, 2.45) is 11.7 Å². The molecule has 0 unspecified atom stereocenters. The smallest absolute Gasteiger partial charge is 0.0701 e. The Kier molecular flexibility index (Phi) is 3.60. The quantitative estimate of drug-likeness (QED) is 0.901. The van der Waals surface area contributed by atoms with Crippen molar-refractivity contribution < 1.29 is 4.74 Å². The third kappa shape index (κ3) is 2.37. The molecular formula is C10H14BrNOS. The van der Waals surface area contributed by atoms with Crippen molar-refractivity contribution in [1.82, 2.24) is 0 Å². The molecule has 1 aliphatic heterocycles. The second-order valence-corrected chi connectivity index (χ2v) is 6.11. The fourth-order valence-electron chi connectivity index (χ4n) is 1.81. The number of halogens is 1. The minimum atomic E-state index is 0.190. The minimum absolute atomic E-state index is 0.190. The Morgan fingerprint density at radius 3 is 2.71 bits per heavy atom. The lowest BCUT2D eigenvalue weighted by atomic mass is 9.91. The molecule has 0 radical (unpaired) electrons. The summed E-state index contributed by atoms with van der Waals surface area (Å²) < 4.78 is 6.49. The molecule has 1 aromatic rings. The fourth-order valence-corrected chi connectivity index (χ4v) is 3.33. The van der Waals surface area contributed by atoms with Gasteiger partial charge in [0.2, 0.25) is 0 Å². The van der Waals surface area contributed by atoms with Crippen LogP contribution in [0.5, 0.6) is 0 Å². The van der Waals surface area contributed by atoms with Crippen LogP contribution >= 0.6 is 27.3 Å². The summed E-state index contributed by atoms with van der Waals surface area (Å²) in [5.74, 6) is 0.592. The predicted molar refractivity (Wildman–Crippen MR) is 62.5 cm³/mol. The zero-order valence-electron chi connectivity index (χ0n) is 7.91. The summed E-state index contributed by atoms with van der Waals surface area (Å²) in [6.45, 7) is 1.73. The van der Waals surface area contributed by atoms with Crippen molar-refractivity contribution in [2.75, 3.05) is 13.2 Å². The van der Waals surface area contributed by atoms with Gasteiger partial charge in [-0.15, -0.1) is 11.3 Å². The van der Waals surface area contributed by atoms with Gasteiger partial charge in [0, 0.05) is 24.1 Å². The predicted octanol–water partition coefficient (Wildman–Crippen LogP) is 2.94. The van der Waals surface area contributed by atoms with Gasteiger partial charge in [-0.1, -0.05) is 0 Å². The standard InChI is InChI=1S/C10H14BrNOS/c11-9-2-1-8(14-9)10(12)7-3-5-13-6-4-7/h1-2,7,10H,3-6,12H2/t10-/m1/s1. The van der Waals surface area contributed by atoms with E-state index in [0.29, 0.717) is 5.92 Å². The van der Waals surface area contributed by atoms with Crippen LogP contribution in [0.1, 0.15) is 23.8 Å². The lowest BCUT2D eigenvalue weighted by Gasteiger charge is -2.26. The van der Waals surface area contributed by atoms with Crippen LogP contribution in [0.25, 0.3) is 0 Å². The molecule has 0 bridgehead atoms. The van der Waals surface area contributed by atoms with Crippen LogP contribution in [-0.4, -0.2) is 13.2 Å². The monoisotopic (exact) mass is 275 g/mol. The molecule has 2 N–H and O–H groups in total. The van der Waals surface area contributed by atoms with E-state index in [-0.39, 0.29) is 6.04 Å². The van der Waals surface area contributed by atoms with Gasteiger partial charge in [0.05, 0.1) is 3.79 Å². The van der Waals surface area contributed by atoms with Crippen LogP contribution in [-0.2, 0) is 4.74 Å². The highest BCUT2D eigenvalue weighted by molar-refractivity contribution is 9.11. The molecule has 14 heavy (non-hydrogen) atoms. The Labute approximate surface area is 96.6 Å². The second kappa shape index (κ2) is 4.75. The lowest BCUT2D eigenvalue weighted by Crippen LogP contribution is -2.26. The zero-order chi connectivity index (χ0) is 9.97. The molecule has 2 heterocycles. The molecule has 0 aromatic carbocycles. The SMILES string of the molecule is N[C@@H](c1ccc(Br)s1)C1CCOCC1. The van der Waals surface area contributed by atoms with Crippen molar-refractivity contribution in [1.29, 1.82) is 0 Å². The number of hydrogen-bond acceptors (Lipinski definition) is 3. The van der Waals surface area contributed by atoms with Gasteiger partial charge < -0.3 is 10.5 Å². The Hall–Kier alpha value is 0.1000. The molecule has 2 nitrogen and oxygen atoms in total. The minimum Gasteiger partial charge on any atom is -0.381 e. The van der Waals surface area contributed by atoms with E-state index < -0.39 is 0 Å². The Bertz CT molecular complexity index is 296. The van der Waals surface area contributed by atoms with Gasteiger partial charge in [-0.05, 0) is 46.8 Å². The summed E-state index contributed by atoms with van der Waals surface area (Å²) in [5, 5.41) is 0. The second-order valence-electron chi connectivity index (χ2n) is 3.62. The molecule has 1 aliphatic rings. The lowest BCUT2D eigenvalue weighted by molar-refractivity contribution is 0.0587. The van der Waals surface area contributed by atoms with Crippen molar-refractivity contribution in [2.45, 2.75) is 18.9 Å². The average Bonchev–Trinajstić information content (AvgIpc) is 2.65. The first-order valence-electron chi connectivity index (χ1n) is 4.86. The van der Waals surface area contributed by atoms with E-state index in [0.717, 1.165) is 29.8 Å². The maximum atomic E-state index is 6.22. The van der Waals surface area contributed by atoms with Crippen LogP contribution in [0.2, 0.25) is 0 Å². The van der Waals surface area contributed by atoms with Crippen LogP contribution in [0.15, 0.2) is 15.9 Å². The van der Waals surface area contributed by atoms with E-state index in [1.165, 1.54) is 4.88 Å². The highest BCUT2D eigenvalue weighted by Crippen LogP contribution is 2.33. The first-order chi connectivity index (χ1) is 6.77. The van der Waals surface area contributed by atoms with Gasteiger partial charge in [0.25, 0.3) is 0 Å². The summed E-state index contributed by atoms with van der Waals surface area (Å²) in [6.07, 6.45) is 2.19. The molecule has 1 saturated heterocycles. The van der Waals surface area contributed by atoms with E-state index in [9.17, 15) is 0 Å². The normalized spacial score (nSPS) is 21.0. The summed E-state index contributed by atoms with van der Waals surface area (Å²) in [7, 11) is 0. The Morgan fingerprint density at radius 1 is 1.43 bits per heavy atom. The van der Waals surface area contributed by atoms with Gasteiger partial charge in [-0.25, -0.2) is 0 Å². The van der Waals surface area contributed by atoms with Gasteiger partial charge in [-0.2, -0.15) is 0 Å². The molecule has 1 atom stereocenters. The molecule has 0 amide bonds. The van der Waals surface area contributed by atoms with Crippen LogP contribution in [0, 0.1) is 5.92 Å². The van der Waals surface area contributed by atoms with Gasteiger partial charge in [0.15, 0.2) is 0 Å². The first kappa shape index (κ1) is 10.6. The van der Waals surface area contributed by atoms with E-state index in [2.05, 4.69) is 28.1 Å². The molecular weight excluding hydrogens is 262 g/mol. The Morgan fingerprint density at radius 2 is 2.14 bits per heavy atom. The molecule has 4 heteroatoms. The third-order valence-corrected chi connectivity index (χ3v) is 4.42. The van der Waals surface area contributed by atoms with E-state index >= 15 is 0 Å². The Balaban J connectivity index is 2.03. The molecule has 1 aromatic heterocycles. The maximum Gasteiger partial charge on any atom is 0.0701 e. The topological polar surface area (TPSA) is 35.2 Å². The van der Waals surface area contributed by atoms with Crippen LogP contribution < -0.4 is 5.73 Å². The summed E-state index contributed by atoms with van der Waals surface area (Å²) in [4.78, 5) is 1.28. The molecule has 0 saturated carbocycles. The van der Waals surface area contributed by atoms with E-state index in [4.69, 9.17) is 10.5 Å². The number of nitrogens with two attached hydrogens (primary N) is 1. The summed E-state index contributed by atoms with van der Waals surface area (Å²) in [5.41, 5.74) is 6.22. The number of hydrogen-bond donors (Lipinski definition) is 1. The van der Waals surface area contributed by atoms with Crippen molar-refractivity contribution in [3.05, 3.63) is 20.8 Å². The van der Waals surface area contributed by atoms with Gasteiger partial charge >= 0.3 is 0 Å². The van der Waals surface area contributed by atoms with Crippen molar-refractivity contribution >= 4 is 27.3 Å². The molecule has 78 valence electrons. The molecule has 0 aliphatic carbocycles. The fraction of sp³-hybridized carbons (Fsp3) is 0.600. The van der Waals surface area contributed by atoms with Crippen molar-refractivity contribution in [3.63, 3.8) is 0 Å². The van der Waals surface area contributed by atoms with Crippen LogP contribution in [0.3, 0.4) is 0 Å². The average molecular weight is 276 g/mol. The number of ether oxygens (including phenoxy) is 1. The summed E-state index contributed by atoms with van der Waals surface area (Å²) >= 11 is 5.20.